The number of hydrogen-bond acceptors (Lipinski definition) is 3. The van der Waals surface area contributed by atoms with Gasteiger partial charge in [0.2, 0.25) is 0 Å². The molecular weight excluding hydrogens is 114 g/mol. The number of hydrogen-bond donors (Lipinski definition) is 2. The average molecular weight is 122 g/mol. The first-order valence-corrected chi connectivity index (χ1v) is 1.93. The summed E-state index contributed by atoms with van der Waals surface area (Å²) >= 11 is 0. The van der Waals surface area contributed by atoms with Crippen molar-refractivity contribution in [3.8, 4) is 0 Å². The zero-order valence-electron chi connectivity index (χ0n) is 3.85. The Morgan fingerprint density at radius 3 is 2.57 bits per heavy atom. The molecule has 0 aromatic carbocycles. The van der Waals surface area contributed by atoms with E-state index in [1.54, 1.807) is 0 Å². The van der Waals surface area contributed by atoms with Crippen LogP contribution in [0.25, 0.3) is 0 Å². The van der Waals surface area contributed by atoms with Crippen molar-refractivity contribution in [2.45, 2.75) is 0 Å². The molecule has 0 amide bonds. The van der Waals surface area contributed by atoms with Crippen molar-refractivity contribution in [2.75, 3.05) is 13.1 Å². The van der Waals surface area contributed by atoms with E-state index in [0.717, 1.165) is 13.1 Å². The molecular formula is C3H8ClN3. The molecule has 0 bridgehead atoms. The summed E-state index contributed by atoms with van der Waals surface area (Å²) in [7, 11) is 0. The summed E-state index contributed by atoms with van der Waals surface area (Å²) in [5.74, 6) is 0.579. The van der Waals surface area contributed by atoms with Crippen molar-refractivity contribution in [2.24, 2.45) is 10.7 Å². The Morgan fingerprint density at radius 2 is 2.43 bits per heavy atom. The number of nitrogens with one attached hydrogen (secondary N) is 1. The van der Waals surface area contributed by atoms with Gasteiger partial charge in [-0.2, -0.15) is 0 Å². The molecule has 0 fully saturated rings. The van der Waals surface area contributed by atoms with Crippen LogP contribution in [-0.4, -0.2) is 19.0 Å². The molecule has 0 unspecified atom stereocenters. The summed E-state index contributed by atoms with van der Waals surface area (Å²) in [6.45, 7) is 1.75. The number of nitrogens with zero attached hydrogens (tertiary/aromatic N) is 1. The highest BCUT2D eigenvalue weighted by molar-refractivity contribution is 5.85. The van der Waals surface area contributed by atoms with Crippen LogP contribution in [0, 0.1) is 0 Å². The van der Waals surface area contributed by atoms with Gasteiger partial charge < -0.3 is 11.1 Å². The molecule has 7 heavy (non-hydrogen) atoms. The summed E-state index contributed by atoms with van der Waals surface area (Å²) < 4.78 is 0. The van der Waals surface area contributed by atoms with Crippen LogP contribution in [-0.2, 0) is 0 Å². The third kappa shape index (κ3) is 1.64. The lowest BCUT2D eigenvalue weighted by Crippen LogP contribution is -2.26. The first-order chi connectivity index (χ1) is 2.89. The highest BCUT2D eigenvalue weighted by Crippen LogP contribution is 1.74. The van der Waals surface area contributed by atoms with Gasteiger partial charge >= 0.3 is 0 Å². The largest absolute Gasteiger partial charge is 0.370 e. The minimum Gasteiger partial charge on any atom is -0.370 e. The van der Waals surface area contributed by atoms with Crippen LogP contribution in [0.4, 0.5) is 0 Å². The number of rotatable bonds is 0. The van der Waals surface area contributed by atoms with E-state index >= 15 is 0 Å². The maximum absolute atomic E-state index is 5.17. The molecule has 0 aliphatic carbocycles. The molecule has 0 saturated carbocycles. The van der Waals surface area contributed by atoms with E-state index in [2.05, 4.69) is 10.3 Å². The number of nitrogens with two attached hydrogens (primary N) is 1. The van der Waals surface area contributed by atoms with E-state index in [0.29, 0.717) is 5.96 Å². The van der Waals surface area contributed by atoms with E-state index in [1.165, 1.54) is 0 Å². The Balaban J connectivity index is 0.000000360. The fraction of sp³-hybridized carbons (Fsp3) is 0.667. The molecule has 1 heterocycles. The van der Waals surface area contributed by atoms with Crippen LogP contribution < -0.4 is 11.1 Å². The van der Waals surface area contributed by atoms with Crippen LogP contribution in [0.5, 0.6) is 0 Å². The molecule has 1 aliphatic rings. The molecule has 0 radical (unpaired) electrons. The van der Waals surface area contributed by atoms with Gasteiger partial charge in [-0.25, -0.2) is 0 Å². The van der Waals surface area contributed by atoms with Crippen molar-refractivity contribution >= 4 is 18.4 Å². The molecule has 0 spiro atoms. The van der Waals surface area contributed by atoms with Crippen molar-refractivity contribution in [1.82, 2.24) is 5.32 Å². The van der Waals surface area contributed by atoms with Gasteiger partial charge in [0.1, 0.15) is 0 Å². The number of guanidine groups is 1. The van der Waals surface area contributed by atoms with E-state index in [-0.39, 0.29) is 12.4 Å². The Labute approximate surface area is 48.4 Å². The Bertz CT molecular complexity index is 80.2. The SMILES string of the molecule is Cl.NC1=NCCN1. The van der Waals surface area contributed by atoms with E-state index in [4.69, 9.17) is 5.73 Å². The second-order valence-electron chi connectivity index (χ2n) is 1.19. The third-order valence-electron chi connectivity index (χ3n) is 0.700. The molecule has 1 rings (SSSR count). The van der Waals surface area contributed by atoms with Gasteiger partial charge in [-0.15, -0.1) is 12.4 Å². The number of aliphatic imine (C=N–C) groups is 1. The normalized spacial score (nSPS) is 16.9. The smallest absolute Gasteiger partial charge is 0.188 e. The Kier molecular flexibility index (Phi) is 2.52. The van der Waals surface area contributed by atoms with Gasteiger partial charge in [0.25, 0.3) is 0 Å². The lowest BCUT2D eigenvalue weighted by Gasteiger charge is -1.85. The van der Waals surface area contributed by atoms with Crippen LogP contribution in [0.3, 0.4) is 0 Å². The predicted molar refractivity (Wildman–Crippen MR) is 31.7 cm³/mol. The van der Waals surface area contributed by atoms with Crippen molar-refractivity contribution in [1.29, 1.82) is 0 Å². The summed E-state index contributed by atoms with van der Waals surface area (Å²) in [5, 5.41) is 2.85. The fourth-order valence-corrected chi connectivity index (χ4v) is 0.416. The van der Waals surface area contributed by atoms with Gasteiger partial charge in [-0.1, -0.05) is 0 Å². The van der Waals surface area contributed by atoms with Crippen LogP contribution >= 0.6 is 12.4 Å². The van der Waals surface area contributed by atoms with Crippen molar-refractivity contribution < 1.29 is 0 Å². The fourth-order valence-electron chi connectivity index (χ4n) is 0.416. The molecule has 4 heteroatoms. The van der Waals surface area contributed by atoms with E-state index in [9.17, 15) is 0 Å². The lowest BCUT2D eigenvalue weighted by molar-refractivity contribution is 0.957. The second kappa shape index (κ2) is 2.69. The van der Waals surface area contributed by atoms with Crippen LogP contribution in [0.15, 0.2) is 4.99 Å². The van der Waals surface area contributed by atoms with Crippen molar-refractivity contribution in [3.63, 3.8) is 0 Å². The van der Waals surface area contributed by atoms with Gasteiger partial charge in [-0.3, -0.25) is 4.99 Å². The zero-order chi connectivity index (χ0) is 4.41. The first-order valence-electron chi connectivity index (χ1n) is 1.93. The second-order valence-corrected chi connectivity index (χ2v) is 1.19. The van der Waals surface area contributed by atoms with Gasteiger partial charge in [-0.05, 0) is 0 Å². The standard InChI is InChI=1S/C3H7N3.ClH/c4-3-5-1-2-6-3;/h1-2H2,(H3,4,5,6);1H. The summed E-state index contributed by atoms with van der Waals surface area (Å²) in [5.41, 5.74) is 5.17. The molecule has 3 N–H and O–H groups in total. The quantitative estimate of drug-likeness (QED) is 0.447. The molecule has 42 valence electrons. The summed E-state index contributed by atoms with van der Waals surface area (Å²) in [6, 6.07) is 0. The zero-order valence-corrected chi connectivity index (χ0v) is 4.66. The molecule has 0 aromatic heterocycles. The highest BCUT2D eigenvalue weighted by atomic mass is 35.5. The highest BCUT2D eigenvalue weighted by Gasteiger charge is 1.94. The minimum absolute atomic E-state index is 0. The molecule has 0 aromatic rings. The minimum atomic E-state index is 0. The Hall–Kier alpha value is -0.440. The van der Waals surface area contributed by atoms with E-state index < -0.39 is 0 Å². The molecule has 1 aliphatic heterocycles. The monoisotopic (exact) mass is 121 g/mol. The average Bonchev–Trinajstić information content (AvgIpc) is 1.86. The van der Waals surface area contributed by atoms with Crippen molar-refractivity contribution in [3.05, 3.63) is 0 Å². The Morgan fingerprint density at radius 1 is 1.71 bits per heavy atom. The molecule has 0 saturated heterocycles. The van der Waals surface area contributed by atoms with Gasteiger partial charge in [0, 0.05) is 6.54 Å². The maximum Gasteiger partial charge on any atom is 0.188 e. The van der Waals surface area contributed by atoms with E-state index in [1.807, 2.05) is 0 Å². The van der Waals surface area contributed by atoms with Crippen LogP contribution in [0.1, 0.15) is 0 Å². The lowest BCUT2D eigenvalue weighted by atomic mass is 10.7. The summed E-state index contributed by atoms with van der Waals surface area (Å²) in [4.78, 5) is 3.82. The summed E-state index contributed by atoms with van der Waals surface area (Å²) in [6.07, 6.45) is 0. The van der Waals surface area contributed by atoms with Crippen LogP contribution in [0.2, 0.25) is 0 Å². The van der Waals surface area contributed by atoms with Gasteiger partial charge in [0.05, 0.1) is 6.54 Å². The predicted octanol–water partition coefficient (Wildman–Crippen LogP) is -0.674. The third-order valence-corrected chi connectivity index (χ3v) is 0.700. The maximum atomic E-state index is 5.17. The first kappa shape index (κ1) is 6.56. The topological polar surface area (TPSA) is 50.4 Å². The number of halogens is 1. The molecule has 3 nitrogen and oxygen atoms in total. The molecule has 0 atom stereocenters. The van der Waals surface area contributed by atoms with Gasteiger partial charge in [0.15, 0.2) is 5.96 Å².